The maximum atomic E-state index is 13.7. The molecule has 0 bridgehead atoms. The lowest BCUT2D eigenvalue weighted by Gasteiger charge is -2.29. The first kappa shape index (κ1) is 20.5. The molecule has 2 aliphatic rings. The molecule has 0 radical (unpaired) electrons. The fraction of sp³-hybridized carbons (Fsp3) is 0.240. The molecule has 2 aromatic carbocycles. The van der Waals surface area contributed by atoms with Crippen molar-refractivity contribution >= 4 is 29.2 Å². The fourth-order valence-electron chi connectivity index (χ4n) is 4.51. The van der Waals surface area contributed by atoms with Gasteiger partial charge in [0.15, 0.2) is 5.54 Å². The average Bonchev–Trinajstić information content (AvgIpc) is 3.38. The Morgan fingerprint density at radius 3 is 2.47 bits per heavy atom. The molecule has 1 fully saturated rings. The Bertz CT molecular complexity index is 1160. The average molecular weight is 446 g/mol. The second-order valence-electron chi connectivity index (χ2n) is 8.19. The first-order valence-electron chi connectivity index (χ1n) is 10.6. The number of benzene rings is 2. The van der Waals surface area contributed by atoms with E-state index in [4.69, 9.17) is 0 Å². The zero-order valence-corrected chi connectivity index (χ0v) is 18.3. The number of hydrogen-bond donors (Lipinski definition) is 1. The molecule has 3 heterocycles. The lowest BCUT2D eigenvalue weighted by molar-refractivity contribution is -0.139. The fourth-order valence-corrected chi connectivity index (χ4v) is 5.40. The van der Waals surface area contributed by atoms with Crippen molar-refractivity contribution in [2.24, 2.45) is 0 Å². The molecule has 5 rings (SSSR count). The largest absolute Gasteiger partial charge is 0.336 e. The van der Waals surface area contributed by atoms with Gasteiger partial charge in [0.05, 0.1) is 0 Å². The number of carbonyl (C=O) groups is 3. The van der Waals surface area contributed by atoms with Crippen molar-refractivity contribution in [3.63, 3.8) is 0 Å². The number of hydrogen-bond acceptors (Lipinski definition) is 4. The number of rotatable bonds is 5. The highest BCUT2D eigenvalue weighted by Crippen LogP contribution is 2.33. The summed E-state index contributed by atoms with van der Waals surface area (Å²) < 4.78 is 0. The summed E-state index contributed by atoms with van der Waals surface area (Å²) in [5.74, 6) is -0.604. The summed E-state index contributed by atoms with van der Waals surface area (Å²) in [7, 11) is 0. The van der Waals surface area contributed by atoms with E-state index in [2.05, 4.69) is 5.32 Å². The molecule has 1 atom stereocenters. The molecule has 162 valence electrons. The second-order valence-corrected chi connectivity index (χ2v) is 9.19. The van der Waals surface area contributed by atoms with Crippen LogP contribution in [-0.4, -0.2) is 40.7 Å². The van der Waals surface area contributed by atoms with Crippen LogP contribution < -0.4 is 5.32 Å². The van der Waals surface area contributed by atoms with Gasteiger partial charge in [-0.1, -0.05) is 60.7 Å². The van der Waals surface area contributed by atoms with Crippen molar-refractivity contribution in [1.29, 1.82) is 0 Å². The Hall–Kier alpha value is -3.45. The Morgan fingerprint density at radius 2 is 1.72 bits per heavy atom. The minimum absolute atomic E-state index is 0.214. The van der Waals surface area contributed by atoms with Gasteiger partial charge in [0.1, 0.15) is 6.54 Å². The maximum Gasteiger partial charge on any atom is 0.325 e. The van der Waals surface area contributed by atoms with Crippen LogP contribution in [0.25, 0.3) is 0 Å². The molecule has 4 amide bonds. The van der Waals surface area contributed by atoms with Crippen LogP contribution in [0.5, 0.6) is 0 Å². The quantitative estimate of drug-likeness (QED) is 0.613. The second kappa shape index (κ2) is 8.24. The van der Waals surface area contributed by atoms with Crippen LogP contribution in [0.1, 0.15) is 21.6 Å². The number of nitrogens with one attached hydrogen (secondary N) is 1. The van der Waals surface area contributed by atoms with Crippen molar-refractivity contribution in [2.75, 3.05) is 13.1 Å². The van der Waals surface area contributed by atoms with Crippen molar-refractivity contribution in [3.8, 4) is 0 Å². The van der Waals surface area contributed by atoms with E-state index in [0.717, 1.165) is 22.4 Å². The Morgan fingerprint density at radius 1 is 1.00 bits per heavy atom. The van der Waals surface area contributed by atoms with Crippen LogP contribution in [-0.2, 0) is 34.5 Å². The van der Waals surface area contributed by atoms with E-state index < -0.39 is 11.6 Å². The number of urea groups is 1. The van der Waals surface area contributed by atoms with Crippen molar-refractivity contribution in [3.05, 3.63) is 93.7 Å². The van der Waals surface area contributed by atoms with E-state index in [1.807, 2.05) is 72.1 Å². The minimum Gasteiger partial charge on any atom is -0.336 e. The number of thiophene rings is 1. The van der Waals surface area contributed by atoms with Gasteiger partial charge in [-0.05, 0) is 34.6 Å². The maximum absolute atomic E-state index is 13.7. The van der Waals surface area contributed by atoms with Gasteiger partial charge < -0.3 is 10.2 Å². The summed E-state index contributed by atoms with van der Waals surface area (Å²) >= 11 is 1.70. The highest BCUT2D eigenvalue weighted by molar-refractivity contribution is 7.10. The van der Waals surface area contributed by atoms with Gasteiger partial charge in [0.2, 0.25) is 5.91 Å². The molecule has 1 unspecified atom stereocenters. The van der Waals surface area contributed by atoms with E-state index in [9.17, 15) is 14.4 Å². The highest BCUT2D eigenvalue weighted by Gasteiger charge is 2.53. The molecule has 32 heavy (non-hydrogen) atoms. The van der Waals surface area contributed by atoms with Crippen LogP contribution in [0.15, 0.2) is 72.1 Å². The summed E-state index contributed by atoms with van der Waals surface area (Å²) in [5.41, 5.74) is 1.55. The summed E-state index contributed by atoms with van der Waals surface area (Å²) in [6.45, 7) is 0.868. The van der Waals surface area contributed by atoms with E-state index in [1.165, 1.54) is 4.88 Å². The smallest absolute Gasteiger partial charge is 0.325 e. The van der Waals surface area contributed by atoms with Gasteiger partial charge >= 0.3 is 6.03 Å². The number of fused-ring (bicyclic) bond motifs is 1. The van der Waals surface area contributed by atoms with Crippen LogP contribution in [0, 0.1) is 0 Å². The Balaban J connectivity index is 1.41. The predicted octanol–water partition coefficient (Wildman–Crippen LogP) is 3.32. The van der Waals surface area contributed by atoms with Crippen LogP contribution in [0.4, 0.5) is 4.79 Å². The van der Waals surface area contributed by atoms with E-state index in [-0.39, 0.29) is 18.4 Å². The van der Waals surface area contributed by atoms with Gasteiger partial charge in [-0.15, -0.1) is 11.3 Å². The Labute approximate surface area is 190 Å². The SMILES string of the molecule is O=C(CN1C(=O)NC(Cc2ccccc2)(c2ccccc2)C1=O)N1CCc2sccc2C1. The number of nitrogens with zero attached hydrogens (tertiary/aromatic N) is 2. The standard InChI is InChI=1S/C25H23N3O3S/c29-22(27-13-11-21-19(16-27)12-14-32-21)17-28-23(30)25(26-24(28)31,20-9-5-2-6-10-20)15-18-7-3-1-4-8-18/h1-10,12,14H,11,13,15-17H2,(H,26,31). The van der Waals surface area contributed by atoms with Crippen LogP contribution >= 0.6 is 11.3 Å². The van der Waals surface area contributed by atoms with E-state index in [1.54, 1.807) is 16.2 Å². The number of imide groups is 1. The minimum atomic E-state index is -1.23. The number of amides is 4. The lowest BCUT2D eigenvalue weighted by Crippen LogP contribution is -2.47. The van der Waals surface area contributed by atoms with E-state index >= 15 is 0 Å². The van der Waals surface area contributed by atoms with Crippen molar-refractivity contribution in [1.82, 2.24) is 15.1 Å². The first-order valence-corrected chi connectivity index (χ1v) is 11.5. The summed E-state index contributed by atoms with van der Waals surface area (Å²) in [6, 6.07) is 20.4. The van der Waals surface area contributed by atoms with Gasteiger partial charge in [-0.3, -0.25) is 14.5 Å². The molecule has 0 aliphatic carbocycles. The Kier molecular flexibility index (Phi) is 5.27. The number of carbonyl (C=O) groups excluding carboxylic acids is 3. The molecular formula is C25H23N3O3S. The molecule has 0 saturated carbocycles. The van der Waals surface area contributed by atoms with Gasteiger partial charge in [-0.2, -0.15) is 0 Å². The van der Waals surface area contributed by atoms with E-state index in [0.29, 0.717) is 25.1 Å². The molecule has 0 spiro atoms. The summed E-state index contributed by atoms with van der Waals surface area (Å²) in [4.78, 5) is 43.8. The molecule has 3 aromatic rings. The van der Waals surface area contributed by atoms with Crippen LogP contribution in [0.3, 0.4) is 0 Å². The summed E-state index contributed by atoms with van der Waals surface area (Å²) in [6.07, 6.45) is 1.12. The zero-order chi connectivity index (χ0) is 22.1. The molecule has 2 aliphatic heterocycles. The van der Waals surface area contributed by atoms with Crippen molar-refractivity contribution in [2.45, 2.75) is 24.9 Å². The molecule has 7 heteroatoms. The molecule has 1 N–H and O–H groups in total. The lowest BCUT2D eigenvalue weighted by atomic mass is 9.83. The third-order valence-electron chi connectivity index (χ3n) is 6.21. The third-order valence-corrected chi connectivity index (χ3v) is 7.23. The first-order chi connectivity index (χ1) is 15.6. The molecule has 1 aromatic heterocycles. The predicted molar refractivity (Wildman–Crippen MR) is 122 cm³/mol. The topological polar surface area (TPSA) is 69.7 Å². The van der Waals surface area contributed by atoms with Gasteiger partial charge in [0.25, 0.3) is 5.91 Å². The van der Waals surface area contributed by atoms with Crippen LogP contribution in [0.2, 0.25) is 0 Å². The summed E-state index contributed by atoms with van der Waals surface area (Å²) in [5, 5.41) is 4.96. The molecule has 6 nitrogen and oxygen atoms in total. The third kappa shape index (κ3) is 3.58. The normalized spacial score (nSPS) is 20.2. The highest BCUT2D eigenvalue weighted by atomic mass is 32.1. The van der Waals surface area contributed by atoms with Gasteiger partial charge in [-0.25, -0.2) is 4.79 Å². The van der Waals surface area contributed by atoms with Gasteiger partial charge in [0, 0.05) is 24.4 Å². The molecular weight excluding hydrogens is 422 g/mol. The van der Waals surface area contributed by atoms with Crippen molar-refractivity contribution < 1.29 is 14.4 Å². The molecule has 1 saturated heterocycles. The monoisotopic (exact) mass is 445 g/mol. The zero-order valence-electron chi connectivity index (χ0n) is 17.5.